The summed E-state index contributed by atoms with van der Waals surface area (Å²) in [6, 6.07) is 8.78. The molecule has 0 unspecified atom stereocenters. The van der Waals surface area contributed by atoms with Crippen molar-refractivity contribution in [1.82, 2.24) is 31.9 Å². The van der Waals surface area contributed by atoms with E-state index >= 15 is 0 Å². The molecule has 0 radical (unpaired) electrons. The van der Waals surface area contributed by atoms with Gasteiger partial charge in [0.2, 0.25) is 41.4 Å². The molecule has 0 saturated heterocycles. The Bertz CT molecular complexity index is 1670. The molecule has 0 saturated carbocycles. The third-order valence-electron chi connectivity index (χ3n) is 8.65. The molecule has 0 aliphatic carbocycles. The Kier molecular flexibility index (Phi) is 20.2. The number of nitrogens with two attached hydrogens (primary N) is 3. The highest BCUT2D eigenvalue weighted by Crippen LogP contribution is 2.12. The highest BCUT2D eigenvalue weighted by molar-refractivity contribution is 5.95. The summed E-state index contributed by atoms with van der Waals surface area (Å²) in [5, 5.41) is 33.9. The van der Waals surface area contributed by atoms with E-state index in [-0.39, 0.29) is 37.9 Å². The number of amides is 7. The van der Waals surface area contributed by atoms with Crippen LogP contribution in [-0.2, 0) is 51.2 Å². The van der Waals surface area contributed by atoms with Crippen LogP contribution in [0, 0.1) is 5.92 Å². The molecule has 5 atom stereocenters. The Hall–Kier alpha value is -6.08. The smallest absolute Gasteiger partial charge is 0.326 e. The average molecular weight is 798 g/mol. The summed E-state index contributed by atoms with van der Waals surface area (Å²) in [5.41, 5.74) is 18.1. The van der Waals surface area contributed by atoms with Gasteiger partial charge in [0.1, 0.15) is 29.9 Å². The molecular weight excluding hydrogens is 742 g/mol. The Balaban J connectivity index is 2.00. The first-order valence-corrected chi connectivity index (χ1v) is 18.5. The summed E-state index contributed by atoms with van der Waals surface area (Å²) < 4.78 is 0. The van der Waals surface area contributed by atoms with Crippen LogP contribution in [0.2, 0.25) is 0 Å². The Labute approximate surface area is 330 Å². The number of unbranched alkanes of at least 4 members (excludes halogenated alkanes) is 1. The maximum atomic E-state index is 13.2. The normalized spacial score (nSPS) is 13.5. The summed E-state index contributed by atoms with van der Waals surface area (Å²) in [5.74, 6) is -7.00. The van der Waals surface area contributed by atoms with Crippen molar-refractivity contribution in [2.45, 2.75) is 89.0 Å². The molecule has 312 valence electrons. The van der Waals surface area contributed by atoms with Gasteiger partial charge in [-0.05, 0) is 67.8 Å². The van der Waals surface area contributed by atoms with Gasteiger partial charge in [0, 0.05) is 12.8 Å². The number of carboxylic acids is 1. The van der Waals surface area contributed by atoms with Crippen molar-refractivity contribution in [1.29, 1.82) is 0 Å². The first-order chi connectivity index (χ1) is 27.0. The van der Waals surface area contributed by atoms with Crippen LogP contribution in [0.5, 0.6) is 5.75 Å². The Morgan fingerprint density at radius 3 is 1.81 bits per heavy atom. The van der Waals surface area contributed by atoms with Gasteiger partial charge >= 0.3 is 5.97 Å². The highest BCUT2D eigenvalue weighted by atomic mass is 16.4. The van der Waals surface area contributed by atoms with Crippen LogP contribution in [0.4, 0.5) is 0 Å². The van der Waals surface area contributed by atoms with E-state index in [1.807, 2.05) is 0 Å². The SMILES string of the molecule is CC(C)[C@H](NC(=O)CNC(=O)[C@H](CCC(N)=O)NC(=O)[C@@H](N)Cc1ccc(O)cc1)C(=O)NCC(=O)N[C@@H](Cc1ccccc1)C(=O)N[C@@H](CCCCN)C(=O)O. The summed E-state index contributed by atoms with van der Waals surface area (Å²) in [6.07, 6.45) is 0.803. The Morgan fingerprint density at radius 2 is 1.23 bits per heavy atom. The number of carbonyl (C=O) groups excluding carboxylic acids is 7. The number of carboxylic acid groups (broad SMARTS) is 1. The lowest BCUT2D eigenvalue weighted by Gasteiger charge is -2.24. The lowest BCUT2D eigenvalue weighted by Crippen LogP contribution is -2.56. The zero-order valence-corrected chi connectivity index (χ0v) is 32.1. The van der Waals surface area contributed by atoms with E-state index in [1.165, 1.54) is 12.1 Å². The number of nitrogens with one attached hydrogen (secondary N) is 6. The topological polar surface area (TPSA) is 327 Å². The van der Waals surface area contributed by atoms with Gasteiger partial charge in [-0.25, -0.2) is 4.79 Å². The molecule has 7 amide bonds. The fourth-order valence-corrected chi connectivity index (χ4v) is 5.47. The maximum absolute atomic E-state index is 13.2. The molecule has 19 heteroatoms. The number of aliphatic carboxylic acids is 1. The number of phenols is 1. The van der Waals surface area contributed by atoms with Crippen molar-refractivity contribution in [3.63, 3.8) is 0 Å². The van der Waals surface area contributed by atoms with Crippen LogP contribution in [0.3, 0.4) is 0 Å². The van der Waals surface area contributed by atoms with Gasteiger partial charge in [-0.3, -0.25) is 33.6 Å². The molecule has 0 heterocycles. The third-order valence-corrected chi connectivity index (χ3v) is 8.65. The minimum atomic E-state index is -1.29. The van der Waals surface area contributed by atoms with E-state index in [0.29, 0.717) is 30.5 Å². The number of hydrogen-bond acceptors (Lipinski definition) is 11. The second kappa shape index (κ2) is 24.4. The minimum Gasteiger partial charge on any atom is -0.508 e. The molecule has 2 aromatic rings. The maximum Gasteiger partial charge on any atom is 0.326 e. The molecule has 19 nitrogen and oxygen atoms in total. The van der Waals surface area contributed by atoms with Crippen molar-refractivity contribution in [2.24, 2.45) is 23.1 Å². The first kappa shape index (κ1) is 47.1. The van der Waals surface area contributed by atoms with Gasteiger partial charge in [-0.1, -0.05) is 56.3 Å². The van der Waals surface area contributed by atoms with Gasteiger partial charge < -0.3 is 59.3 Å². The highest BCUT2D eigenvalue weighted by Gasteiger charge is 2.29. The second-order valence-electron chi connectivity index (χ2n) is 13.8. The number of aromatic hydroxyl groups is 1. The van der Waals surface area contributed by atoms with E-state index in [9.17, 15) is 48.6 Å². The van der Waals surface area contributed by atoms with Crippen molar-refractivity contribution >= 4 is 47.3 Å². The molecule has 0 spiro atoms. The number of hydrogen-bond donors (Lipinski definition) is 11. The average Bonchev–Trinajstić information content (AvgIpc) is 3.16. The standard InChI is InChI=1S/C38H55N9O10/c1-22(2)33(47-32(51)21-42-35(53)27(15-16-30(41)49)45-34(52)26(40)18-24-11-13-25(48)14-12-24)37(55)43-20-31(50)44-29(19-23-8-4-3-5-9-23)36(54)46-28(38(56)57)10-6-7-17-39/h3-5,8-9,11-14,22,26-29,33,48H,6-7,10,15-21,39-40H2,1-2H3,(H2,41,49)(H,42,53)(H,43,55)(H,44,50)(H,45,52)(H,46,54)(H,47,51)(H,56,57)/t26-,27-,28-,29-,33-/m0/s1. The zero-order valence-electron chi connectivity index (χ0n) is 32.1. The monoisotopic (exact) mass is 797 g/mol. The van der Waals surface area contributed by atoms with Crippen LogP contribution < -0.4 is 49.1 Å². The van der Waals surface area contributed by atoms with E-state index in [1.54, 1.807) is 56.3 Å². The molecule has 2 aromatic carbocycles. The number of phenolic OH excluding ortho intramolecular Hbond substituents is 1. The van der Waals surface area contributed by atoms with Crippen LogP contribution in [0.25, 0.3) is 0 Å². The Morgan fingerprint density at radius 1 is 0.649 bits per heavy atom. The molecule has 57 heavy (non-hydrogen) atoms. The van der Waals surface area contributed by atoms with E-state index in [2.05, 4.69) is 31.9 Å². The van der Waals surface area contributed by atoms with Crippen LogP contribution in [0.1, 0.15) is 57.1 Å². The van der Waals surface area contributed by atoms with Gasteiger partial charge in [0.25, 0.3) is 0 Å². The predicted octanol–water partition coefficient (Wildman–Crippen LogP) is -2.19. The summed E-state index contributed by atoms with van der Waals surface area (Å²) >= 11 is 0. The molecule has 0 aliphatic rings. The lowest BCUT2D eigenvalue weighted by molar-refractivity contribution is -0.142. The third kappa shape index (κ3) is 17.9. The summed E-state index contributed by atoms with van der Waals surface area (Å²) in [4.78, 5) is 101. The molecule has 14 N–H and O–H groups in total. The number of rotatable bonds is 25. The number of carbonyl (C=O) groups is 8. The van der Waals surface area contributed by atoms with E-state index in [0.717, 1.165) is 0 Å². The molecule has 2 rings (SSSR count). The van der Waals surface area contributed by atoms with Gasteiger partial charge in [0.15, 0.2) is 0 Å². The zero-order chi connectivity index (χ0) is 42.5. The first-order valence-electron chi connectivity index (χ1n) is 18.5. The molecule has 0 bridgehead atoms. The number of benzene rings is 2. The van der Waals surface area contributed by atoms with E-state index < -0.39 is 96.5 Å². The van der Waals surface area contributed by atoms with Gasteiger partial charge in [0.05, 0.1) is 19.1 Å². The van der Waals surface area contributed by atoms with Crippen molar-refractivity contribution in [3.05, 3.63) is 65.7 Å². The molecule has 0 fully saturated rings. The number of primary amides is 1. The van der Waals surface area contributed by atoms with Gasteiger partial charge in [-0.15, -0.1) is 0 Å². The second-order valence-corrected chi connectivity index (χ2v) is 13.8. The van der Waals surface area contributed by atoms with Crippen molar-refractivity contribution in [3.8, 4) is 5.75 Å². The molecular formula is C38H55N9O10. The molecule has 0 aromatic heterocycles. The fraction of sp³-hybridized carbons (Fsp3) is 0.474. The largest absolute Gasteiger partial charge is 0.508 e. The van der Waals surface area contributed by atoms with E-state index in [4.69, 9.17) is 17.2 Å². The predicted molar refractivity (Wildman–Crippen MR) is 207 cm³/mol. The minimum absolute atomic E-state index is 0.0254. The summed E-state index contributed by atoms with van der Waals surface area (Å²) in [7, 11) is 0. The summed E-state index contributed by atoms with van der Waals surface area (Å²) in [6.45, 7) is 2.40. The van der Waals surface area contributed by atoms with Crippen molar-refractivity contribution < 1.29 is 48.6 Å². The van der Waals surface area contributed by atoms with Crippen LogP contribution >= 0.6 is 0 Å². The van der Waals surface area contributed by atoms with Crippen LogP contribution in [0.15, 0.2) is 54.6 Å². The van der Waals surface area contributed by atoms with Gasteiger partial charge in [-0.2, -0.15) is 0 Å². The lowest BCUT2D eigenvalue weighted by atomic mass is 10.0. The van der Waals surface area contributed by atoms with Crippen molar-refractivity contribution in [2.75, 3.05) is 19.6 Å². The molecule has 0 aliphatic heterocycles. The quantitative estimate of drug-likeness (QED) is 0.0478. The van der Waals surface area contributed by atoms with Crippen LogP contribution in [-0.4, -0.2) is 107 Å². The fourth-order valence-electron chi connectivity index (χ4n) is 5.47.